The van der Waals surface area contributed by atoms with Crippen LogP contribution in [0.3, 0.4) is 0 Å². The molecule has 0 spiro atoms. The van der Waals surface area contributed by atoms with Crippen LogP contribution in [0.2, 0.25) is 10.0 Å². The first-order valence-corrected chi connectivity index (χ1v) is 10.4. The van der Waals surface area contributed by atoms with E-state index in [-0.39, 0.29) is 21.9 Å². The minimum Gasteiger partial charge on any atom is -0.481 e. The first-order valence-electron chi connectivity index (χ1n) is 8.13. The van der Waals surface area contributed by atoms with Gasteiger partial charge in [0.25, 0.3) is 15.9 Å². The van der Waals surface area contributed by atoms with Crippen LogP contribution < -0.4 is 14.8 Å². The number of benzene rings is 2. The summed E-state index contributed by atoms with van der Waals surface area (Å²) in [5.41, 5.74) is 0.295. The number of anilines is 1. The third-order valence-corrected chi connectivity index (χ3v) is 5.56. The van der Waals surface area contributed by atoms with Crippen LogP contribution in [0.15, 0.2) is 47.4 Å². The Balaban J connectivity index is 2.08. The summed E-state index contributed by atoms with van der Waals surface area (Å²) in [6.45, 7) is 5.32. The number of amides is 1. The predicted octanol–water partition coefficient (Wildman–Crippen LogP) is 4.09. The van der Waals surface area contributed by atoms with Crippen LogP contribution in [0, 0.1) is 0 Å². The third kappa shape index (κ3) is 6.02. The van der Waals surface area contributed by atoms with Crippen LogP contribution in [0.5, 0.6) is 5.75 Å². The van der Waals surface area contributed by atoms with Crippen LogP contribution in [-0.2, 0) is 14.8 Å². The molecular formula is C18H20Cl2N2O4S. The van der Waals surface area contributed by atoms with Crippen molar-refractivity contribution in [2.45, 2.75) is 37.8 Å². The van der Waals surface area contributed by atoms with Gasteiger partial charge in [-0.1, -0.05) is 23.2 Å². The van der Waals surface area contributed by atoms with Crippen molar-refractivity contribution >= 4 is 44.8 Å². The van der Waals surface area contributed by atoms with Crippen molar-refractivity contribution in [1.29, 1.82) is 0 Å². The largest absolute Gasteiger partial charge is 0.481 e. The van der Waals surface area contributed by atoms with Crippen molar-refractivity contribution in [3.8, 4) is 5.75 Å². The van der Waals surface area contributed by atoms with Gasteiger partial charge in [-0.15, -0.1) is 0 Å². The van der Waals surface area contributed by atoms with Gasteiger partial charge in [0.2, 0.25) is 0 Å². The molecule has 2 N–H and O–H groups in total. The molecule has 0 aliphatic heterocycles. The van der Waals surface area contributed by atoms with E-state index in [0.717, 1.165) is 0 Å². The van der Waals surface area contributed by atoms with Crippen LogP contribution in [0.25, 0.3) is 0 Å². The van der Waals surface area contributed by atoms with Gasteiger partial charge in [-0.05, 0) is 63.2 Å². The number of ether oxygens (including phenoxy) is 1. The number of carbonyl (C=O) groups is 1. The third-order valence-electron chi connectivity index (χ3n) is 3.42. The minimum atomic E-state index is -3.81. The molecule has 0 bridgehead atoms. The van der Waals surface area contributed by atoms with E-state index in [0.29, 0.717) is 16.5 Å². The maximum absolute atomic E-state index is 12.5. The van der Waals surface area contributed by atoms with E-state index in [2.05, 4.69) is 10.0 Å². The molecule has 0 aromatic heterocycles. The Morgan fingerprint density at radius 3 is 2.19 bits per heavy atom. The Morgan fingerprint density at radius 1 is 1.00 bits per heavy atom. The van der Waals surface area contributed by atoms with E-state index in [4.69, 9.17) is 27.9 Å². The molecule has 0 saturated heterocycles. The second-order valence-corrected chi connectivity index (χ2v) is 8.63. The van der Waals surface area contributed by atoms with Crippen LogP contribution in [0.4, 0.5) is 5.69 Å². The molecule has 2 rings (SSSR count). The average Bonchev–Trinajstić information content (AvgIpc) is 2.58. The summed E-state index contributed by atoms with van der Waals surface area (Å²) in [6, 6.07) is 10.2. The standard InChI is InChI=1S/C18H20Cl2N2O4S/c1-11(2)21-18(23)12(3)26-14-5-7-15(8-6-14)27(24,25)22-13-4-9-16(19)17(20)10-13/h4-12,22H,1-3H3,(H,21,23)/t12-/m1/s1. The molecule has 6 nitrogen and oxygen atoms in total. The summed E-state index contributed by atoms with van der Waals surface area (Å²) in [5, 5.41) is 3.32. The molecule has 0 saturated carbocycles. The lowest BCUT2D eigenvalue weighted by Gasteiger charge is -2.16. The molecule has 0 fully saturated rings. The normalized spacial score (nSPS) is 12.5. The fraction of sp³-hybridized carbons (Fsp3) is 0.278. The van der Waals surface area contributed by atoms with Crippen LogP contribution in [-0.4, -0.2) is 26.5 Å². The van der Waals surface area contributed by atoms with Crippen molar-refractivity contribution < 1.29 is 17.9 Å². The maximum Gasteiger partial charge on any atom is 0.261 e. The molecule has 0 aliphatic carbocycles. The topological polar surface area (TPSA) is 84.5 Å². The molecule has 0 unspecified atom stereocenters. The molecule has 2 aromatic carbocycles. The Morgan fingerprint density at radius 2 is 1.63 bits per heavy atom. The lowest BCUT2D eigenvalue weighted by Crippen LogP contribution is -2.40. The second kappa shape index (κ2) is 8.82. The van der Waals surface area contributed by atoms with Crippen LogP contribution in [0.1, 0.15) is 20.8 Å². The smallest absolute Gasteiger partial charge is 0.261 e. The Hall–Kier alpha value is -1.96. The summed E-state index contributed by atoms with van der Waals surface area (Å²) in [4.78, 5) is 11.9. The van der Waals surface area contributed by atoms with E-state index in [1.54, 1.807) is 6.92 Å². The highest BCUT2D eigenvalue weighted by Gasteiger charge is 2.17. The number of hydrogen-bond acceptors (Lipinski definition) is 4. The first-order chi connectivity index (χ1) is 12.6. The quantitative estimate of drug-likeness (QED) is 0.692. The Kier molecular flexibility index (Phi) is 6.97. The average molecular weight is 431 g/mol. The van der Waals surface area contributed by atoms with Crippen molar-refractivity contribution in [3.63, 3.8) is 0 Å². The van der Waals surface area contributed by atoms with Crippen molar-refractivity contribution in [3.05, 3.63) is 52.5 Å². The summed E-state index contributed by atoms with van der Waals surface area (Å²) in [5.74, 6) is 0.137. The zero-order chi connectivity index (χ0) is 20.2. The van der Waals surface area contributed by atoms with Gasteiger partial charge in [-0.2, -0.15) is 0 Å². The molecule has 0 heterocycles. The van der Waals surface area contributed by atoms with Gasteiger partial charge in [0.05, 0.1) is 20.6 Å². The highest BCUT2D eigenvalue weighted by atomic mass is 35.5. The van der Waals surface area contributed by atoms with Crippen LogP contribution >= 0.6 is 23.2 Å². The molecule has 1 amide bonds. The van der Waals surface area contributed by atoms with Gasteiger partial charge in [0.15, 0.2) is 6.10 Å². The monoisotopic (exact) mass is 430 g/mol. The molecule has 0 aliphatic rings. The van der Waals surface area contributed by atoms with E-state index >= 15 is 0 Å². The van der Waals surface area contributed by atoms with E-state index in [1.165, 1.54) is 42.5 Å². The number of halogens is 2. The summed E-state index contributed by atoms with van der Waals surface area (Å²) >= 11 is 11.7. The molecule has 1 atom stereocenters. The van der Waals surface area contributed by atoms with Crippen molar-refractivity contribution in [1.82, 2.24) is 5.32 Å². The first kappa shape index (κ1) is 21.3. The highest BCUT2D eigenvalue weighted by molar-refractivity contribution is 7.92. The summed E-state index contributed by atoms with van der Waals surface area (Å²) < 4.78 is 32.9. The van der Waals surface area contributed by atoms with Gasteiger partial charge in [0.1, 0.15) is 5.75 Å². The van der Waals surface area contributed by atoms with Gasteiger partial charge >= 0.3 is 0 Å². The van der Waals surface area contributed by atoms with E-state index < -0.39 is 16.1 Å². The fourth-order valence-electron chi connectivity index (χ4n) is 2.13. The van der Waals surface area contributed by atoms with Crippen molar-refractivity contribution in [2.75, 3.05) is 4.72 Å². The minimum absolute atomic E-state index is 0.00325. The van der Waals surface area contributed by atoms with Gasteiger partial charge in [-0.25, -0.2) is 8.42 Å². The number of rotatable bonds is 7. The van der Waals surface area contributed by atoms with Gasteiger partial charge in [-0.3, -0.25) is 9.52 Å². The van der Waals surface area contributed by atoms with Gasteiger partial charge < -0.3 is 10.1 Å². The molecule has 2 aromatic rings. The molecule has 9 heteroatoms. The number of carbonyl (C=O) groups excluding carboxylic acids is 1. The summed E-state index contributed by atoms with van der Waals surface area (Å²) in [7, 11) is -3.81. The fourth-order valence-corrected chi connectivity index (χ4v) is 3.48. The van der Waals surface area contributed by atoms with E-state index in [9.17, 15) is 13.2 Å². The molecule has 146 valence electrons. The van der Waals surface area contributed by atoms with E-state index in [1.807, 2.05) is 13.8 Å². The zero-order valence-electron chi connectivity index (χ0n) is 15.0. The lowest BCUT2D eigenvalue weighted by atomic mass is 10.3. The molecule has 27 heavy (non-hydrogen) atoms. The van der Waals surface area contributed by atoms with Crippen molar-refractivity contribution in [2.24, 2.45) is 0 Å². The lowest BCUT2D eigenvalue weighted by molar-refractivity contribution is -0.127. The SMILES string of the molecule is CC(C)NC(=O)[C@@H](C)Oc1ccc(S(=O)(=O)Nc2ccc(Cl)c(Cl)c2)cc1. The summed E-state index contributed by atoms with van der Waals surface area (Å²) in [6.07, 6.45) is -0.704. The number of nitrogens with one attached hydrogen (secondary N) is 2. The second-order valence-electron chi connectivity index (χ2n) is 6.13. The maximum atomic E-state index is 12.5. The molecular weight excluding hydrogens is 411 g/mol. The number of hydrogen-bond donors (Lipinski definition) is 2. The Bertz CT molecular complexity index is 915. The number of sulfonamides is 1. The van der Waals surface area contributed by atoms with Gasteiger partial charge in [0, 0.05) is 6.04 Å². The Labute approximate surface area is 168 Å². The highest BCUT2D eigenvalue weighted by Crippen LogP contribution is 2.27. The molecule has 0 radical (unpaired) electrons. The predicted molar refractivity (Wildman–Crippen MR) is 107 cm³/mol. The zero-order valence-corrected chi connectivity index (χ0v) is 17.3.